The predicted octanol–water partition coefficient (Wildman–Crippen LogP) is 2.25. The van der Waals surface area contributed by atoms with Crippen LogP contribution in [0.25, 0.3) is 0 Å². The molecule has 3 nitrogen and oxygen atoms in total. The van der Waals surface area contributed by atoms with Gasteiger partial charge in [-0.15, -0.1) is 0 Å². The summed E-state index contributed by atoms with van der Waals surface area (Å²) >= 11 is 7.50. The Morgan fingerprint density at radius 3 is 2.89 bits per heavy atom. The average Bonchev–Trinajstić information content (AvgIpc) is 2.38. The molecule has 0 saturated heterocycles. The maximum Gasteiger partial charge on any atom is 0.224 e. The predicted molar refractivity (Wildman–Crippen MR) is 77.2 cm³/mol. The Morgan fingerprint density at radius 2 is 2.21 bits per heavy atom. The minimum absolute atomic E-state index is 0.0488. The second kappa shape index (κ2) is 9.18. The van der Waals surface area contributed by atoms with Crippen LogP contribution in [-0.4, -0.2) is 35.7 Å². The number of benzene rings is 1. The summed E-state index contributed by atoms with van der Waals surface area (Å²) in [5, 5.41) is 11.6. The highest BCUT2D eigenvalue weighted by Gasteiger charge is 2.11. The first kappa shape index (κ1) is 16.3. The van der Waals surface area contributed by atoms with Gasteiger partial charge in [-0.3, -0.25) is 4.79 Å². The van der Waals surface area contributed by atoms with Gasteiger partial charge in [-0.05, 0) is 24.3 Å². The summed E-state index contributed by atoms with van der Waals surface area (Å²) in [5.41, 5.74) is 0.231. The van der Waals surface area contributed by atoms with Gasteiger partial charge in [-0.2, -0.15) is 11.8 Å². The number of rotatable bonds is 8. The Balaban J connectivity index is 2.28. The normalized spacial score (nSPS) is 10.5. The molecular weight excluding hydrogens is 289 g/mol. The van der Waals surface area contributed by atoms with Crippen LogP contribution >= 0.6 is 23.4 Å². The fraction of sp³-hybridized carbons (Fsp3) is 0.462. The number of amides is 1. The molecule has 0 saturated carbocycles. The highest BCUT2D eigenvalue weighted by molar-refractivity contribution is 7.99. The molecule has 0 radical (unpaired) electrons. The molecule has 1 amide bonds. The van der Waals surface area contributed by atoms with Crippen molar-refractivity contribution in [3.63, 3.8) is 0 Å². The standard InChI is InChI=1S/C13H17ClFNO2S/c14-11-3-1-4-12(15)10(11)9-13(18)16-5-8-19-7-2-6-17/h1,3-4,17H,2,5-9H2,(H,16,18). The van der Waals surface area contributed by atoms with Crippen molar-refractivity contribution in [2.24, 2.45) is 0 Å². The summed E-state index contributed by atoms with van der Waals surface area (Å²) in [5.74, 6) is 0.942. The topological polar surface area (TPSA) is 49.3 Å². The van der Waals surface area contributed by atoms with Crippen LogP contribution in [0.5, 0.6) is 0 Å². The second-order valence-electron chi connectivity index (χ2n) is 3.92. The molecule has 0 aliphatic carbocycles. The fourth-order valence-electron chi connectivity index (χ4n) is 1.46. The van der Waals surface area contributed by atoms with E-state index in [1.807, 2.05) is 0 Å². The summed E-state index contributed by atoms with van der Waals surface area (Å²) < 4.78 is 13.4. The molecule has 0 aliphatic rings. The number of carbonyl (C=O) groups is 1. The lowest BCUT2D eigenvalue weighted by atomic mass is 10.1. The third-order valence-electron chi connectivity index (χ3n) is 2.41. The van der Waals surface area contributed by atoms with E-state index in [1.54, 1.807) is 17.8 Å². The molecule has 0 aliphatic heterocycles. The van der Waals surface area contributed by atoms with Gasteiger partial charge in [0.25, 0.3) is 0 Å². The first-order chi connectivity index (χ1) is 9.15. The zero-order valence-corrected chi connectivity index (χ0v) is 12.1. The molecule has 0 spiro atoms. The second-order valence-corrected chi connectivity index (χ2v) is 5.55. The van der Waals surface area contributed by atoms with Gasteiger partial charge in [0.2, 0.25) is 5.91 Å². The van der Waals surface area contributed by atoms with Crippen LogP contribution in [0.3, 0.4) is 0 Å². The van der Waals surface area contributed by atoms with Crippen LogP contribution in [0.4, 0.5) is 4.39 Å². The van der Waals surface area contributed by atoms with E-state index < -0.39 is 5.82 Å². The Labute approximate surface area is 121 Å². The third kappa shape index (κ3) is 6.27. The number of aliphatic hydroxyl groups excluding tert-OH is 1. The van der Waals surface area contributed by atoms with E-state index in [4.69, 9.17) is 16.7 Å². The van der Waals surface area contributed by atoms with Gasteiger partial charge in [0, 0.05) is 29.5 Å². The first-order valence-electron chi connectivity index (χ1n) is 6.03. The van der Waals surface area contributed by atoms with Crippen LogP contribution in [0.1, 0.15) is 12.0 Å². The third-order valence-corrected chi connectivity index (χ3v) is 3.84. The molecule has 0 aromatic heterocycles. The van der Waals surface area contributed by atoms with Crippen molar-refractivity contribution in [1.29, 1.82) is 0 Å². The van der Waals surface area contributed by atoms with Crippen LogP contribution < -0.4 is 5.32 Å². The lowest BCUT2D eigenvalue weighted by molar-refractivity contribution is -0.120. The average molecular weight is 306 g/mol. The SMILES string of the molecule is O=C(Cc1c(F)cccc1Cl)NCCSCCCO. The van der Waals surface area contributed by atoms with Crippen molar-refractivity contribution in [2.75, 3.05) is 24.7 Å². The van der Waals surface area contributed by atoms with Gasteiger partial charge >= 0.3 is 0 Å². The maximum atomic E-state index is 13.4. The van der Waals surface area contributed by atoms with Crippen LogP contribution in [0, 0.1) is 5.82 Å². The number of thioether (sulfide) groups is 1. The fourth-order valence-corrected chi connectivity index (χ4v) is 2.47. The zero-order valence-electron chi connectivity index (χ0n) is 10.5. The van der Waals surface area contributed by atoms with E-state index in [2.05, 4.69) is 5.32 Å². The van der Waals surface area contributed by atoms with Crippen molar-refractivity contribution in [3.05, 3.63) is 34.6 Å². The van der Waals surface area contributed by atoms with Gasteiger partial charge < -0.3 is 10.4 Å². The number of carbonyl (C=O) groups excluding carboxylic acids is 1. The highest BCUT2D eigenvalue weighted by atomic mass is 35.5. The minimum Gasteiger partial charge on any atom is -0.396 e. The largest absolute Gasteiger partial charge is 0.396 e. The summed E-state index contributed by atoms with van der Waals surface area (Å²) in [6, 6.07) is 4.37. The molecule has 106 valence electrons. The molecule has 2 N–H and O–H groups in total. The molecule has 0 fully saturated rings. The number of nitrogens with one attached hydrogen (secondary N) is 1. The van der Waals surface area contributed by atoms with E-state index >= 15 is 0 Å². The van der Waals surface area contributed by atoms with E-state index in [9.17, 15) is 9.18 Å². The maximum absolute atomic E-state index is 13.4. The van der Waals surface area contributed by atoms with Crippen molar-refractivity contribution >= 4 is 29.3 Å². The molecule has 6 heteroatoms. The van der Waals surface area contributed by atoms with E-state index in [0.717, 1.165) is 17.9 Å². The first-order valence-corrected chi connectivity index (χ1v) is 7.56. The van der Waals surface area contributed by atoms with Crippen molar-refractivity contribution in [2.45, 2.75) is 12.8 Å². The molecule has 0 atom stereocenters. The van der Waals surface area contributed by atoms with Gasteiger partial charge in [0.15, 0.2) is 0 Å². The Bertz CT molecular complexity index is 397. The highest BCUT2D eigenvalue weighted by Crippen LogP contribution is 2.19. The van der Waals surface area contributed by atoms with Gasteiger partial charge in [-0.25, -0.2) is 4.39 Å². The molecule has 19 heavy (non-hydrogen) atoms. The Kier molecular flexibility index (Phi) is 7.86. The molecule has 0 unspecified atom stereocenters. The quantitative estimate of drug-likeness (QED) is 0.724. The molecule has 1 rings (SSSR count). The summed E-state index contributed by atoms with van der Waals surface area (Å²) in [6.07, 6.45) is 0.705. The van der Waals surface area contributed by atoms with Crippen molar-refractivity contribution < 1.29 is 14.3 Å². The summed E-state index contributed by atoms with van der Waals surface area (Å²) in [4.78, 5) is 11.6. The monoisotopic (exact) mass is 305 g/mol. The Morgan fingerprint density at radius 1 is 1.42 bits per heavy atom. The number of hydrogen-bond acceptors (Lipinski definition) is 3. The Hall–Kier alpha value is -0.780. The number of hydrogen-bond donors (Lipinski definition) is 2. The lowest BCUT2D eigenvalue weighted by Crippen LogP contribution is -2.27. The summed E-state index contributed by atoms with van der Waals surface area (Å²) in [7, 11) is 0. The van der Waals surface area contributed by atoms with Crippen LogP contribution in [0.15, 0.2) is 18.2 Å². The zero-order chi connectivity index (χ0) is 14.1. The van der Waals surface area contributed by atoms with Crippen LogP contribution in [-0.2, 0) is 11.2 Å². The van der Waals surface area contributed by atoms with E-state index in [1.165, 1.54) is 12.1 Å². The van der Waals surface area contributed by atoms with Crippen molar-refractivity contribution in [1.82, 2.24) is 5.32 Å². The molecule has 1 aromatic rings. The lowest BCUT2D eigenvalue weighted by Gasteiger charge is -2.07. The van der Waals surface area contributed by atoms with Gasteiger partial charge in [-0.1, -0.05) is 17.7 Å². The molecule has 0 heterocycles. The molecular formula is C13H17ClFNO2S. The molecule has 1 aromatic carbocycles. The molecule has 0 bridgehead atoms. The van der Waals surface area contributed by atoms with Gasteiger partial charge in [0.05, 0.1) is 6.42 Å². The van der Waals surface area contributed by atoms with Crippen molar-refractivity contribution in [3.8, 4) is 0 Å². The number of aliphatic hydroxyl groups is 1. The van der Waals surface area contributed by atoms with Gasteiger partial charge in [0.1, 0.15) is 5.82 Å². The smallest absolute Gasteiger partial charge is 0.224 e. The minimum atomic E-state index is -0.458. The number of halogens is 2. The van der Waals surface area contributed by atoms with E-state index in [-0.39, 0.29) is 29.5 Å². The van der Waals surface area contributed by atoms with E-state index in [0.29, 0.717) is 6.54 Å². The van der Waals surface area contributed by atoms with Crippen LogP contribution in [0.2, 0.25) is 5.02 Å². The summed E-state index contributed by atoms with van der Waals surface area (Å²) in [6.45, 7) is 0.714.